The van der Waals surface area contributed by atoms with Crippen molar-refractivity contribution in [2.45, 2.75) is 19.4 Å². The molecule has 4 nitrogen and oxygen atoms in total. The highest BCUT2D eigenvalue weighted by molar-refractivity contribution is 6.31. The number of anilines is 2. The molecule has 1 aliphatic rings. The van der Waals surface area contributed by atoms with E-state index < -0.39 is 5.82 Å². The Morgan fingerprint density at radius 3 is 2.91 bits per heavy atom. The molecule has 0 bridgehead atoms. The molecule has 120 valence electrons. The lowest BCUT2D eigenvalue weighted by Gasteiger charge is -2.34. The molecule has 0 saturated heterocycles. The van der Waals surface area contributed by atoms with Gasteiger partial charge in [-0.05, 0) is 36.8 Å². The zero-order valence-electron chi connectivity index (χ0n) is 12.6. The molecule has 1 heterocycles. The van der Waals surface area contributed by atoms with Crippen molar-refractivity contribution < 1.29 is 13.9 Å². The Kier molecular flexibility index (Phi) is 4.39. The van der Waals surface area contributed by atoms with E-state index in [9.17, 15) is 9.18 Å². The number of ether oxygens (including phenoxy) is 1. The second-order valence-electron chi connectivity index (χ2n) is 5.29. The van der Waals surface area contributed by atoms with Crippen LogP contribution in [0.25, 0.3) is 0 Å². The fourth-order valence-electron chi connectivity index (χ4n) is 2.47. The van der Waals surface area contributed by atoms with E-state index in [2.05, 4.69) is 5.32 Å². The van der Waals surface area contributed by atoms with Crippen molar-refractivity contribution in [3.05, 3.63) is 53.3 Å². The number of hydrogen-bond acceptors (Lipinski definition) is 2. The number of benzene rings is 2. The van der Waals surface area contributed by atoms with E-state index in [0.717, 1.165) is 6.42 Å². The predicted molar refractivity (Wildman–Crippen MR) is 88.9 cm³/mol. The number of hydrogen-bond donors (Lipinski definition) is 1. The van der Waals surface area contributed by atoms with Crippen LogP contribution in [0, 0.1) is 5.82 Å². The molecule has 2 aromatic rings. The molecule has 0 fully saturated rings. The maximum atomic E-state index is 13.2. The van der Waals surface area contributed by atoms with E-state index in [-0.39, 0.29) is 17.2 Å². The number of amides is 2. The quantitative estimate of drug-likeness (QED) is 0.865. The minimum atomic E-state index is -0.521. The minimum absolute atomic E-state index is 0.0309. The lowest BCUT2D eigenvalue weighted by Crippen LogP contribution is -2.45. The van der Waals surface area contributed by atoms with Crippen molar-refractivity contribution in [2.24, 2.45) is 0 Å². The van der Waals surface area contributed by atoms with Gasteiger partial charge in [-0.1, -0.05) is 30.7 Å². The van der Waals surface area contributed by atoms with E-state index in [1.54, 1.807) is 4.90 Å². The predicted octanol–water partition coefficient (Wildman–Crippen LogP) is 4.69. The van der Waals surface area contributed by atoms with Gasteiger partial charge >= 0.3 is 6.03 Å². The topological polar surface area (TPSA) is 41.6 Å². The van der Waals surface area contributed by atoms with Crippen molar-refractivity contribution in [1.82, 2.24) is 0 Å². The largest absolute Gasteiger partial charge is 0.486 e. The van der Waals surface area contributed by atoms with Crippen LogP contribution in [0.3, 0.4) is 0 Å². The van der Waals surface area contributed by atoms with Gasteiger partial charge in [-0.3, -0.25) is 4.90 Å². The fraction of sp³-hybridized carbons (Fsp3) is 0.235. The molecule has 0 aromatic heterocycles. The van der Waals surface area contributed by atoms with Gasteiger partial charge in [0.1, 0.15) is 17.7 Å². The smallest absolute Gasteiger partial charge is 0.326 e. The van der Waals surface area contributed by atoms with Crippen LogP contribution < -0.4 is 15.0 Å². The SMILES string of the molecule is CC[C@H]1CN(C(=O)Nc2ccc(F)c(Cl)c2)c2ccccc2O1. The molecule has 0 aliphatic carbocycles. The third-order valence-corrected chi connectivity index (χ3v) is 4.00. The molecule has 23 heavy (non-hydrogen) atoms. The first kappa shape index (κ1) is 15.6. The Labute approximate surface area is 138 Å². The fourth-order valence-corrected chi connectivity index (χ4v) is 2.65. The van der Waals surface area contributed by atoms with Gasteiger partial charge in [-0.25, -0.2) is 9.18 Å². The van der Waals surface area contributed by atoms with Crippen LogP contribution in [0.5, 0.6) is 5.75 Å². The molecule has 0 spiro atoms. The lowest BCUT2D eigenvalue weighted by atomic mass is 10.1. The van der Waals surface area contributed by atoms with E-state index in [1.807, 2.05) is 31.2 Å². The van der Waals surface area contributed by atoms with Crippen LogP contribution in [0.4, 0.5) is 20.6 Å². The normalized spacial score (nSPS) is 16.5. The summed E-state index contributed by atoms with van der Waals surface area (Å²) < 4.78 is 19.1. The molecule has 3 rings (SSSR count). The first-order chi connectivity index (χ1) is 11.1. The lowest BCUT2D eigenvalue weighted by molar-refractivity contribution is 0.188. The average molecular weight is 335 g/mol. The molecule has 0 saturated carbocycles. The number of halogens is 2. The number of nitrogens with zero attached hydrogens (tertiary/aromatic N) is 1. The van der Waals surface area contributed by atoms with Crippen molar-refractivity contribution in [3.8, 4) is 5.75 Å². The molecule has 1 aliphatic heterocycles. The Morgan fingerprint density at radius 2 is 2.17 bits per heavy atom. The molecule has 0 unspecified atom stereocenters. The Hall–Kier alpha value is -2.27. The van der Waals surface area contributed by atoms with Gasteiger partial charge in [0.25, 0.3) is 0 Å². The van der Waals surface area contributed by atoms with Gasteiger partial charge in [-0.2, -0.15) is 0 Å². The molecule has 2 amide bonds. The number of urea groups is 1. The molecule has 2 aromatic carbocycles. The summed E-state index contributed by atoms with van der Waals surface area (Å²) in [6.07, 6.45) is 0.730. The van der Waals surface area contributed by atoms with Gasteiger partial charge < -0.3 is 10.1 Å². The van der Waals surface area contributed by atoms with Gasteiger partial charge in [0.15, 0.2) is 0 Å². The average Bonchev–Trinajstić information content (AvgIpc) is 2.57. The molecule has 0 radical (unpaired) electrons. The highest BCUT2D eigenvalue weighted by atomic mass is 35.5. The van der Waals surface area contributed by atoms with Crippen molar-refractivity contribution in [1.29, 1.82) is 0 Å². The zero-order valence-corrected chi connectivity index (χ0v) is 13.3. The highest BCUT2D eigenvalue weighted by Crippen LogP contribution is 2.34. The number of nitrogens with one attached hydrogen (secondary N) is 1. The van der Waals surface area contributed by atoms with E-state index in [0.29, 0.717) is 23.7 Å². The Bertz CT molecular complexity index is 738. The van der Waals surface area contributed by atoms with Crippen molar-refractivity contribution >= 4 is 29.0 Å². The summed E-state index contributed by atoms with van der Waals surface area (Å²) in [7, 11) is 0. The number of para-hydroxylation sites is 2. The third-order valence-electron chi connectivity index (χ3n) is 3.71. The van der Waals surface area contributed by atoms with Crippen molar-refractivity contribution in [3.63, 3.8) is 0 Å². The van der Waals surface area contributed by atoms with Crippen LogP contribution in [-0.4, -0.2) is 18.7 Å². The van der Waals surface area contributed by atoms with E-state index >= 15 is 0 Å². The number of rotatable bonds is 2. The first-order valence-corrected chi connectivity index (χ1v) is 7.75. The highest BCUT2D eigenvalue weighted by Gasteiger charge is 2.28. The third kappa shape index (κ3) is 3.24. The van der Waals surface area contributed by atoms with E-state index in [1.165, 1.54) is 18.2 Å². The number of fused-ring (bicyclic) bond motifs is 1. The van der Waals surface area contributed by atoms with Gasteiger partial charge in [0.2, 0.25) is 0 Å². The maximum Gasteiger partial charge on any atom is 0.326 e. The number of carbonyl (C=O) groups is 1. The summed E-state index contributed by atoms with van der Waals surface area (Å²) in [6.45, 7) is 2.46. The maximum absolute atomic E-state index is 13.2. The second kappa shape index (κ2) is 6.46. The summed E-state index contributed by atoms with van der Waals surface area (Å²) in [5, 5.41) is 2.71. The summed E-state index contributed by atoms with van der Waals surface area (Å²) in [4.78, 5) is 14.2. The summed E-state index contributed by atoms with van der Waals surface area (Å²) >= 11 is 5.75. The van der Waals surface area contributed by atoms with Crippen LogP contribution >= 0.6 is 11.6 Å². The molecule has 6 heteroatoms. The standard InChI is InChI=1S/C17H16ClFN2O2/c1-2-12-10-21(15-5-3-4-6-16(15)23-12)17(22)20-11-7-8-14(19)13(18)9-11/h3-9,12H,2,10H2,1H3,(H,20,22)/t12-/m0/s1. The minimum Gasteiger partial charge on any atom is -0.486 e. The Balaban J connectivity index is 1.84. The van der Waals surface area contributed by atoms with Gasteiger partial charge in [-0.15, -0.1) is 0 Å². The van der Waals surface area contributed by atoms with Crippen LogP contribution in [0.1, 0.15) is 13.3 Å². The van der Waals surface area contributed by atoms with Gasteiger partial charge in [0, 0.05) is 5.69 Å². The van der Waals surface area contributed by atoms with Crippen LogP contribution in [0.2, 0.25) is 5.02 Å². The van der Waals surface area contributed by atoms with Crippen LogP contribution in [0.15, 0.2) is 42.5 Å². The molecular formula is C17H16ClFN2O2. The summed E-state index contributed by atoms with van der Waals surface area (Å²) in [5.74, 6) is 0.158. The molecule has 1 atom stereocenters. The summed E-state index contributed by atoms with van der Waals surface area (Å²) in [5.41, 5.74) is 1.15. The molecular weight excluding hydrogens is 319 g/mol. The van der Waals surface area contributed by atoms with Crippen molar-refractivity contribution in [2.75, 3.05) is 16.8 Å². The first-order valence-electron chi connectivity index (χ1n) is 7.37. The number of carbonyl (C=O) groups excluding carboxylic acids is 1. The van der Waals surface area contributed by atoms with Gasteiger partial charge in [0.05, 0.1) is 17.3 Å². The second-order valence-corrected chi connectivity index (χ2v) is 5.69. The molecule has 1 N–H and O–H groups in total. The van der Waals surface area contributed by atoms with E-state index in [4.69, 9.17) is 16.3 Å². The monoisotopic (exact) mass is 334 g/mol. The zero-order chi connectivity index (χ0) is 16.4. The Morgan fingerprint density at radius 1 is 1.39 bits per heavy atom. The summed E-state index contributed by atoms with van der Waals surface area (Å²) in [6, 6.07) is 11.2. The van der Waals surface area contributed by atoms with Crippen LogP contribution in [-0.2, 0) is 0 Å².